The van der Waals surface area contributed by atoms with Gasteiger partial charge in [-0.2, -0.15) is 5.10 Å². The molecular formula is C10H15N3S. The minimum atomic E-state index is 0.590. The third kappa shape index (κ3) is 1.80. The maximum Gasteiger partial charge on any atom is 0.186 e. The van der Waals surface area contributed by atoms with Crippen LogP contribution in [0.15, 0.2) is 17.3 Å². The molecule has 0 aromatic carbocycles. The molecule has 0 aliphatic heterocycles. The van der Waals surface area contributed by atoms with Gasteiger partial charge in [0.1, 0.15) is 0 Å². The number of thiocarbonyl (C=S) groups is 1. The van der Waals surface area contributed by atoms with Gasteiger partial charge in [-0.25, -0.2) is 0 Å². The molecule has 0 unspecified atom stereocenters. The van der Waals surface area contributed by atoms with E-state index in [2.05, 4.69) is 28.0 Å². The van der Waals surface area contributed by atoms with Gasteiger partial charge in [0.05, 0.1) is 0 Å². The molecule has 14 heavy (non-hydrogen) atoms. The molecule has 0 spiro atoms. The predicted molar refractivity (Wildman–Crippen MR) is 62.2 cm³/mol. The molecule has 3 nitrogen and oxygen atoms in total. The molecule has 76 valence electrons. The van der Waals surface area contributed by atoms with Gasteiger partial charge in [-0.05, 0) is 37.9 Å². The lowest BCUT2D eigenvalue weighted by atomic mass is 9.74. The first-order valence-corrected chi connectivity index (χ1v) is 5.49. The van der Waals surface area contributed by atoms with Crippen LogP contribution in [0.2, 0.25) is 0 Å². The molecular weight excluding hydrogens is 194 g/mol. The molecule has 0 aromatic rings. The third-order valence-corrected chi connectivity index (χ3v) is 3.02. The van der Waals surface area contributed by atoms with Crippen molar-refractivity contribution in [2.75, 3.05) is 6.54 Å². The van der Waals surface area contributed by atoms with Gasteiger partial charge in [0.15, 0.2) is 5.11 Å². The Morgan fingerprint density at radius 1 is 1.71 bits per heavy atom. The summed E-state index contributed by atoms with van der Waals surface area (Å²) in [4.78, 5) is 0. The summed E-state index contributed by atoms with van der Waals surface area (Å²) < 4.78 is 0. The number of rotatable bonds is 2. The highest BCUT2D eigenvalue weighted by Crippen LogP contribution is 2.39. The largest absolute Gasteiger partial charge is 0.362 e. The number of hydrogen-bond donors (Lipinski definition) is 2. The summed E-state index contributed by atoms with van der Waals surface area (Å²) >= 11 is 5.02. The van der Waals surface area contributed by atoms with Gasteiger partial charge in [-0.1, -0.05) is 12.2 Å². The zero-order valence-corrected chi connectivity index (χ0v) is 9.10. The molecule has 0 heterocycles. The third-order valence-electron chi connectivity index (χ3n) is 2.78. The van der Waals surface area contributed by atoms with Gasteiger partial charge >= 0.3 is 0 Å². The van der Waals surface area contributed by atoms with Crippen molar-refractivity contribution in [2.45, 2.75) is 19.8 Å². The van der Waals surface area contributed by atoms with Crippen LogP contribution in [-0.4, -0.2) is 17.4 Å². The van der Waals surface area contributed by atoms with E-state index >= 15 is 0 Å². The van der Waals surface area contributed by atoms with E-state index in [1.165, 1.54) is 12.1 Å². The van der Waals surface area contributed by atoms with Crippen molar-refractivity contribution >= 4 is 23.0 Å². The summed E-state index contributed by atoms with van der Waals surface area (Å²) in [5, 5.41) is 7.92. The van der Waals surface area contributed by atoms with Crippen LogP contribution in [0.1, 0.15) is 19.8 Å². The lowest BCUT2D eigenvalue weighted by Crippen LogP contribution is -2.38. The number of allylic oxidation sites excluding steroid dienone is 2. The molecule has 1 fully saturated rings. The fourth-order valence-electron chi connectivity index (χ4n) is 1.98. The van der Waals surface area contributed by atoms with Crippen LogP contribution in [0.4, 0.5) is 0 Å². The summed E-state index contributed by atoms with van der Waals surface area (Å²) in [7, 11) is 0. The standard InChI is InChI=1S/C10H15N3S/c1-2-11-10(14)13-12-9-6-7-4-3-5-8(7)9/h3,5,7-8H,2,4,6H2,1H3,(H2,11,13,14)/b12-9-/t7-,8+/m1/s1. The van der Waals surface area contributed by atoms with Crippen molar-refractivity contribution in [2.24, 2.45) is 16.9 Å². The maximum absolute atomic E-state index is 5.02. The van der Waals surface area contributed by atoms with Gasteiger partial charge in [0, 0.05) is 18.2 Å². The lowest BCUT2D eigenvalue weighted by molar-refractivity contribution is 0.444. The first-order valence-electron chi connectivity index (χ1n) is 5.08. The molecule has 0 bridgehead atoms. The van der Waals surface area contributed by atoms with E-state index in [0.29, 0.717) is 11.0 Å². The normalized spacial score (nSPS) is 31.1. The van der Waals surface area contributed by atoms with Crippen molar-refractivity contribution in [3.63, 3.8) is 0 Å². The number of hydrazone groups is 1. The molecule has 4 heteroatoms. The number of nitrogens with one attached hydrogen (secondary N) is 2. The molecule has 0 saturated heterocycles. The van der Waals surface area contributed by atoms with Crippen molar-refractivity contribution in [1.29, 1.82) is 0 Å². The second-order valence-corrected chi connectivity index (χ2v) is 4.14. The zero-order valence-electron chi connectivity index (χ0n) is 8.29. The monoisotopic (exact) mass is 209 g/mol. The van der Waals surface area contributed by atoms with E-state index in [1.807, 2.05) is 6.92 Å². The van der Waals surface area contributed by atoms with Crippen LogP contribution in [0.5, 0.6) is 0 Å². The fraction of sp³-hybridized carbons (Fsp3) is 0.600. The first kappa shape index (κ1) is 9.65. The Balaban J connectivity index is 1.82. The Morgan fingerprint density at radius 3 is 3.29 bits per heavy atom. The predicted octanol–water partition coefficient (Wildman–Crippen LogP) is 1.42. The summed E-state index contributed by atoms with van der Waals surface area (Å²) in [6.45, 7) is 2.85. The Bertz CT molecular complexity index is 296. The van der Waals surface area contributed by atoms with Crippen LogP contribution in [0, 0.1) is 11.8 Å². The highest BCUT2D eigenvalue weighted by atomic mass is 32.1. The van der Waals surface area contributed by atoms with Crippen molar-refractivity contribution in [1.82, 2.24) is 10.7 Å². The Labute approximate surface area is 89.6 Å². The van der Waals surface area contributed by atoms with Gasteiger partial charge in [-0.15, -0.1) is 0 Å². The van der Waals surface area contributed by atoms with Gasteiger partial charge in [0.2, 0.25) is 0 Å². The summed E-state index contributed by atoms with van der Waals surface area (Å²) in [5.41, 5.74) is 4.11. The topological polar surface area (TPSA) is 36.4 Å². The zero-order chi connectivity index (χ0) is 9.97. The summed E-state index contributed by atoms with van der Waals surface area (Å²) in [6.07, 6.45) is 6.85. The summed E-state index contributed by atoms with van der Waals surface area (Å²) in [5.74, 6) is 1.41. The van der Waals surface area contributed by atoms with E-state index < -0.39 is 0 Å². The second kappa shape index (κ2) is 4.09. The summed E-state index contributed by atoms with van der Waals surface area (Å²) in [6, 6.07) is 0. The SMILES string of the molecule is CCNC(=S)N/N=C1/C[C@H]2CC=C[C@H]12. The minimum Gasteiger partial charge on any atom is -0.362 e. The number of fused-ring (bicyclic) bond motifs is 1. The van der Waals surface area contributed by atoms with Crippen LogP contribution in [-0.2, 0) is 0 Å². The van der Waals surface area contributed by atoms with Crippen LogP contribution >= 0.6 is 12.2 Å². The highest BCUT2D eigenvalue weighted by Gasteiger charge is 2.37. The van der Waals surface area contributed by atoms with Crippen molar-refractivity contribution in [3.05, 3.63) is 12.2 Å². The molecule has 0 aromatic heterocycles. The smallest absolute Gasteiger partial charge is 0.186 e. The van der Waals surface area contributed by atoms with Gasteiger partial charge < -0.3 is 5.32 Å². The average molecular weight is 209 g/mol. The maximum atomic E-state index is 5.02. The van der Waals surface area contributed by atoms with E-state index in [-0.39, 0.29) is 0 Å². The van der Waals surface area contributed by atoms with Crippen molar-refractivity contribution < 1.29 is 0 Å². The molecule has 2 aliphatic rings. The first-order chi connectivity index (χ1) is 6.81. The van der Waals surface area contributed by atoms with Crippen LogP contribution in [0.3, 0.4) is 0 Å². The number of nitrogens with zero attached hydrogens (tertiary/aromatic N) is 1. The Kier molecular flexibility index (Phi) is 2.82. The molecule has 0 amide bonds. The van der Waals surface area contributed by atoms with Crippen LogP contribution in [0.25, 0.3) is 0 Å². The number of hydrogen-bond acceptors (Lipinski definition) is 2. The minimum absolute atomic E-state index is 0.590. The van der Waals surface area contributed by atoms with E-state index in [0.717, 1.165) is 18.9 Å². The average Bonchev–Trinajstić information content (AvgIpc) is 2.48. The van der Waals surface area contributed by atoms with Gasteiger partial charge in [-0.3, -0.25) is 5.43 Å². The fourth-order valence-corrected chi connectivity index (χ4v) is 2.17. The molecule has 2 rings (SSSR count). The highest BCUT2D eigenvalue weighted by molar-refractivity contribution is 7.80. The van der Waals surface area contributed by atoms with Gasteiger partial charge in [0.25, 0.3) is 0 Å². The molecule has 2 atom stereocenters. The Morgan fingerprint density at radius 2 is 2.57 bits per heavy atom. The second-order valence-electron chi connectivity index (χ2n) is 3.73. The lowest BCUT2D eigenvalue weighted by Gasteiger charge is -2.31. The molecule has 2 N–H and O–H groups in total. The molecule has 0 radical (unpaired) electrons. The molecule has 2 aliphatic carbocycles. The van der Waals surface area contributed by atoms with E-state index in [9.17, 15) is 0 Å². The van der Waals surface area contributed by atoms with E-state index in [4.69, 9.17) is 12.2 Å². The van der Waals surface area contributed by atoms with Crippen LogP contribution < -0.4 is 10.7 Å². The Hall–Kier alpha value is -0.900. The van der Waals surface area contributed by atoms with E-state index in [1.54, 1.807) is 0 Å². The molecule has 1 saturated carbocycles. The quantitative estimate of drug-likeness (QED) is 0.410. The van der Waals surface area contributed by atoms with Crippen molar-refractivity contribution in [3.8, 4) is 0 Å².